The highest BCUT2D eigenvalue weighted by Crippen LogP contribution is 2.31. The molecule has 2 fully saturated rings. The van der Waals surface area contributed by atoms with Gasteiger partial charge in [0.1, 0.15) is 5.70 Å². The Morgan fingerprint density at radius 1 is 1.63 bits per heavy atom. The molecule has 1 aromatic heterocycles. The normalized spacial score (nSPS) is 21.4. The molecule has 0 atom stereocenters. The van der Waals surface area contributed by atoms with Crippen LogP contribution in [0, 0.1) is 0 Å². The third kappa shape index (κ3) is 2.15. The molecule has 2 heterocycles. The van der Waals surface area contributed by atoms with Crippen LogP contribution in [0.15, 0.2) is 11.9 Å². The molecule has 1 aliphatic carbocycles. The van der Waals surface area contributed by atoms with Crippen LogP contribution < -0.4 is 5.32 Å². The first-order chi connectivity index (χ1) is 9.11. The number of halogens is 1. The molecule has 19 heavy (non-hydrogen) atoms. The predicted molar refractivity (Wildman–Crippen MR) is 76.5 cm³/mol. The van der Waals surface area contributed by atoms with Crippen LogP contribution in [0.5, 0.6) is 0 Å². The first-order valence-electron chi connectivity index (χ1n) is 6.19. The Bertz CT molecular complexity index is 591. The summed E-state index contributed by atoms with van der Waals surface area (Å²) >= 11 is 11.3. The number of hydrogen-bond acceptors (Lipinski definition) is 3. The van der Waals surface area contributed by atoms with Gasteiger partial charge >= 0.3 is 0 Å². The summed E-state index contributed by atoms with van der Waals surface area (Å²) in [6.07, 6.45) is 5.34. The highest BCUT2D eigenvalue weighted by molar-refractivity contribution is 7.80. The molecule has 1 aliphatic heterocycles. The largest absolute Gasteiger partial charge is 0.328 e. The lowest BCUT2D eigenvalue weighted by atomic mass is 10.3. The number of amides is 1. The van der Waals surface area contributed by atoms with E-state index < -0.39 is 0 Å². The quantitative estimate of drug-likeness (QED) is 0.682. The van der Waals surface area contributed by atoms with Gasteiger partial charge in [0.25, 0.3) is 5.91 Å². The summed E-state index contributed by atoms with van der Waals surface area (Å²) in [5, 5.41) is 8.11. The molecule has 1 amide bonds. The summed E-state index contributed by atoms with van der Waals surface area (Å²) in [5.41, 5.74) is 1.19. The lowest BCUT2D eigenvalue weighted by Crippen LogP contribution is -2.32. The molecule has 0 aromatic carbocycles. The van der Waals surface area contributed by atoms with Crippen LogP contribution in [0.25, 0.3) is 6.08 Å². The zero-order valence-electron chi connectivity index (χ0n) is 10.4. The van der Waals surface area contributed by atoms with Crippen molar-refractivity contribution in [2.45, 2.75) is 32.4 Å². The number of aryl methyl sites for hydroxylation is 1. The van der Waals surface area contributed by atoms with E-state index in [-0.39, 0.29) is 11.9 Å². The second kappa shape index (κ2) is 4.61. The van der Waals surface area contributed by atoms with Gasteiger partial charge in [-0.3, -0.25) is 14.4 Å². The first-order valence-corrected chi connectivity index (χ1v) is 6.98. The molecular weight excluding hydrogens is 284 g/mol. The number of aromatic nitrogens is 2. The van der Waals surface area contributed by atoms with Crippen molar-refractivity contribution in [3.8, 4) is 0 Å². The number of thiocarbonyl (C=S) groups is 1. The number of carbonyl (C=O) groups excluding carboxylic acids is 1. The van der Waals surface area contributed by atoms with Gasteiger partial charge in [0, 0.05) is 12.6 Å². The van der Waals surface area contributed by atoms with Gasteiger partial charge in [-0.2, -0.15) is 5.10 Å². The lowest BCUT2D eigenvalue weighted by molar-refractivity contribution is -0.122. The Morgan fingerprint density at radius 2 is 2.37 bits per heavy atom. The van der Waals surface area contributed by atoms with Crippen molar-refractivity contribution >= 4 is 40.9 Å². The maximum atomic E-state index is 12.3. The maximum Gasteiger partial charge on any atom is 0.276 e. The van der Waals surface area contributed by atoms with Gasteiger partial charge in [0.15, 0.2) is 5.11 Å². The second-order valence-electron chi connectivity index (χ2n) is 4.59. The van der Waals surface area contributed by atoms with Crippen LogP contribution in [-0.2, 0) is 11.3 Å². The van der Waals surface area contributed by atoms with E-state index in [0.717, 1.165) is 18.5 Å². The molecule has 100 valence electrons. The van der Waals surface area contributed by atoms with Crippen LogP contribution in [0.3, 0.4) is 0 Å². The Balaban J connectivity index is 1.94. The number of hydrogen-bond donors (Lipinski definition) is 1. The van der Waals surface area contributed by atoms with E-state index in [9.17, 15) is 4.79 Å². The fraction of sp³-hybridized carbons (Fsp3) is 0.417. The monoisotopic (exact) mass is 296 g/mol. The average Bonchev–Trinajstić information content (AvgIpc) is 3.09. The van der Waals surface area contributed by atoms with Gasteiger partial charge in [-0.25, -0.2) is 0 Å². The first kappa shape index (κ1) is 12.6. The summed E-state index contributed by atoms with van der Waals surface area (Å²) in [6, 6.07) is 0.268. The van der Waals surface area contributed by atoms with Crippen LogP contribution in [0.1, 0.15) is 25.5 Å². The van der Waals surface area contributed by atoms with Gasteiger partial charge in [-0.05, 0) is 38.1 Å². The molecule has 1 N–H and O–H groups in total. The zero-order chi connectivity index (χ0) is 13.6. The highest BCUT2D eigenvalue weighted by atomic mass is 35.5. The lowest BCUT2D eigenvalue weighted by Gasteiger charge is -2.11. The van der Waals surface area contributed by atoms with E-state index >= 15 is 0 Å². The van der Waals surface area contributed by atoms with Crippen molar-refractivity contribution in [1.29, 1.82) is 0 Å². The molecule has 0 bridgehead atoms. The van der Waals surface area contributed by atoms with Crippen molar-refractivity contribution in [3.05, 3.63) is 22.6 Å². The molecule has 0 spiro atoms. The van der Waals surface area contributed by atoms with Crippen molar-refractivity contribution in [1.82, 2.24) is 20.0 Å². The van der Waals surface area contributed by atoms with Gasteiger partial charge in [0.05, 0.1) is 16.9 Å². The van der Waals surface area contributed by atoms with Crippen molar-refractivity contribution < 1.29 is 4.79 Å². The van der Waals surface area contributed by atoms with E-state index in [1.807, 2.05) is 6.92 Å². The van der Waals surface area contributed by atoms with Crippen LogP contribution in [0.2, 0.25) is 5.02 Å². The molecule has 7 heteroatoms. The summed E-state index contributed by atoms with van der Waals surface area (Å²) in [5.74, 6) is -0.0765. The van der Waals surface area contributed by atoms with Crippen LogP contribution in [-0.4, -0.2) is 31.7 Å². The Labute approximate surface area is 121 Å². The van der Waals surface area contributed by atoms with E-state index in [2.05, 4.69) is 10.4 Å². The molecule has 2 aliphatic rings. The Kier molecular flexibility index (Phi) is 3.06. The van der Waals surface area contributed by atoms with E-state index in [0.29, 0.717) is 22.4 Å². The molecule has 1 saturated heterocycles. The van der Waals surface area contributed by atoms with Crippen molar-refractivity contribution in [2.75, 3.05) is 0 Å². The smallest absolute Gasteiger partial charge is 0.276 e. The number of nitrogens with zero attached hydrogens (tertiary/aromatic N) is 3. The van der Waals surface area contributed by atoms with Crippen molar-refractivity contribution in [2.24, 2.45) is 0 Å². The fourth-order valence-electron chi connectivity index (χ4n) is 2.12. The standard InChI is InChI=1S/C12H13ClN4OS/c1-2-16-10(8(13)6-14-16)5-9-11(18)17(7-3-4-7)12(19)15-9/h5-7H,2-4H2,1H3,(H,15,19)/b9-5+. The van der Waals surface area contributed by atoms with Gasteiger partial charge in [-0.15, -0.1) is 0 Å². The Morgan fingerprint density at radius 3 is 3.00 bits per heavy atom. The third-order valence-corrected chi connectivity index (χ3v) is 3.83. The van der Waals surface area contributed by atoms with Gasteiger partial charge in [0.2, 0.25) is 0 Å². The Hall–Kier alpha value is -1.40. The molecule has 0 radical (unpaired) electrons. The van der Waals surface area contributed by atoms with Crippen LogP contribution in [0.4, 0.5) is 0 Å². The number of nitrogens with one attached hydrogen (secondary N) is 1. The molecule has 5 nitrogen and oxygen atoms in total. The molecular formula is C12H13ClN4OS. The summed E-state index contributed by atoms with van der Waals surface area (Å²) < 4.78 is 1.74. The molecule has 3 rings (SSSR count). The molecule has 1 saturated carbocycles. The summed E-state index contributed by atoms with van der Waals surface area (Å²) in [6.45, 7) is 2.66. The highest BCUT2D eigenvalue weighted by Gasteiger charge is 2.41. The minimum Gasteiger partial charge on any atom is -0.328 e. The minimum absolute atomic E-state index is 0.0765. The van der Waals surface area contributed by atoms with Gasteiger partial charge in [-0.1, -0.05) is 11.6 Å². The van der Waals surface area contributed by atoms with E-state index in [4.69, 9.17) is 23.8 Å². The van der Waals surface area contributed by atoms with Gasteiger partial charge < -0.3 is 5.32 Å². The number of rotatable bonds is 3. The topological polar surface area (TPSA) is 50.2 Å². The summed E-state index contributed by atoms with van der Waals surface area (Å²) in [4.78, 5) is 13.9. The predicted octanol–water partition coefficient (Wildman–Crippen LogP) is 1.78. The number of carbonyl (C=O) groups is 1. The minimum atomic E-state index is -0.0765. The van der Waals surface area contributed by atoms with Crippen molar-refractivity contribution in [3.63, 3.8) is 0 Å². The van der Waals surface area contributed by atoms with Crippen LogP contribution >= 0.6 is 23.8 Å². The van der Waals surface area contributed by atoms with E-state index in [1.165, 1.54) is 0 Å². The SMILES string of the molecule is CCn1ncc(Cl)c1/C=C1/NC(=S)N(C2CC2)C1=O. The maximum absolute atomic E-state index is 12.3. The molecule has 1 aromatic rings. The average molecular weight is 297 g/mol. The fourth-order valence-corrected chi connectivity index (χ4v) is 2.65. The second-order valence-corrected chi connectivity index (χ2v) is 5.38. The third-order valence-electron chi connectivity index (χ3n) is 3.24. The van der Waals surface area contributed by atoms with E-state index in [1.54, 1.807) is 21.9 Å². The zero-order valence-corrected chi connectivity index (χ0v) is 12.0. The molecule has 0 unspecified atom stereocenters. The summed E-state index contributed by atoms with van der Waals surface area (Å²) in [7, 11) is 0.